The number of hydrogen-bond acceptors (Lipinski definition) is 5. The number of ether oxygens (including phenoxy) is 2. The molecular weight excluding hydrogens is 312 g/mol. The standard InChI is InChI=1S/C17H24N2O5/c1-11-12(6-8-22-11)17(21)19-7-9-23-16-13(19)4-5-14(16)24-10-15(20)18(2)3/h6,8,13-14,16H,4-5,7,9-10H2,1-3H3/t13-,14+,16+/m0/s1. The van der Waals surface area contributed by atoms with E-state index in [0.29, 0.717) is 24.5 Å². The van der Waals surface area contributed by atoms with Crippen molar-refractivity contribution in [3.05, 3.63) is 23.7 Å². The molecule has 2 aliphatic rings. The molecule has 24 heavy (non-hydrogen) atoms. The first kappa shape index (κ1) is 17.0. The number of likely N-dealkylation sites (N-methyl/N-ethyl adjacent to an activating group) is 1. The van der Waals surface area contributed by atoms with E-state index < -0.39 is 0 Å². The Morgan fingerprint density at radius 2 is 2.17 bits per heavy atom. The van der Waals surface area contributed by atoms with E-state index in [1.54, 1.807) is 27.1 Å². The van der Waals surface area contributed by atoms with E-state index in [4.69, 9.17) is 13.9 Å². The molecule has 3 rings (SSSR count). The maximum absolute atomic E-state index is 12.8. The van der Waals surface area contributed by atoms with Crippen LogP contribution in [0.4, 0.5) is 0 Å². The van der Waals surface area contributed by atoms with E-state index >= 15 is 0 Å². The van der Waals surface area contributed by atoms with Crippen molar-refractivity contribution in [1.82, 2.24) is 9.80 Å². The van der Waals surface area contributed by atoms with Gasteiger partial charge in [-0.15, -0.1) is 0 Å². The van der Waals surface area contributed by atoms with E-state index in [1.165, 1.54) is 11.2 Å². The molecule has 2 heterocycles. The molecule has 1 aromatic heterocycles. The molecule has 1 aliphatic carbocycles. The molecule has 0 radical (unpaired) electrons. The molecule has 0 N–H and O–H groups in total. The Labute approximate surface area is 141 Å². The molecular formula is C17H24N2O5. The molecule has 2 fully saturated rings. The number of aryl methyl sites for hydroxylation is 1. The highest BCUT2D eigenvalue weighted by Crippen LogP contribution is 2.33. The van der Waals surface area contributed by atoms with Crippen LogP contribution in [-0.2, 0) is 14.3 Å². The van der Waals surface area contributed by atoms with Gasteiger partial charge in [-0.25, -0.2) is 0 Å². The zero-order chi connectivity index (χ0) is 17.3. The number of morpholine rings is 1. The SMILES string of the molecule is Cc1occc1C(=O)N1CCO[C@H]2[C@H](OCC(=O)N(C)C)CC[C@@H]21. The number of carbonyl (C=O) groups excluding carboxylic acids is 2. The van der Waals surface area contributed by atoms with Gasteiger partial charge in [-0.2, -0.15) is 0 Å². The average molecular weight is 336 g/mol. The summed E-state index contributed by atoms with van der Waals surface area (Å²) >= 11 is 0. The molecule has 7 heteroatoms. The largest absolute Gasteiger partial charge is 0.469 e. The number of amides is 2. The minimum atomic E-state index is -0.176. The summed E-state index contributed by atoms with van der Waals surface area (Å²) in [6.07, 6.45) is 2.80. The molecule has 1 aliphatic heterocycles. The van der Waals surface area contributed by atoms with E-state index in [0.717, 1.165) is 12.8 Å². The van der Waals surface area contributed by atoms with Crippen LogP contribution in [0, 0.1) is 6.92 Å². The van der Waals surface area contributed by atoms with Gasteiger partial charge in [0, 0.05) is 20.6 Å². The molecule has 0 unspecified atom stereocenters. The van der Waals surface area contributed by atoms with Crippen LogP contribution in [0.2, 0.25) is 0 Å². The highest BCUT2D eigenvalue weighted by molar-refractivity contribution is 5.95. The van der Waals surface area contributed by atoms with Crippen LogP contribution in [0.15, 0.2) is 16.7 Å². The van der Waals surface area contributed by atoms with Crippen molar-refractivity contribution in [2.75, 3.05) is 33.9 Å². The van der Waals surface area contributed by atoms with Gasteiger partial charge in [-0.1, -0.05) is 0 Å². The Morgan fingerprint density at radius 3 is 2.83 bits per heavy atom. The molecule has 1 aromatic rings. The van der Waals surface area contributed by atoms with Crippen LogP contribution in [0.5, 0.6) is 0 Å². The minimum absolute atomic E-state index is 0.0139. The van der Waals surface area contributed by atoms with Gasteiger partial charge in [0.15, 0.2) is 0 Å². The van der Waals surface area contributed by atoms with Crippen LogP contribution in [0.1, 0.15) is 29.0 Å². The normalized spacial score (nSPS) is 26.3. The molecule has 0 aromatic carbocycles. The molecule has 1 saturated carbocycles. The Hall–Kier alpha value is -1.86. The maximum Gasteiger partial charge on any atom is 0.257 e. The van der Waals surface area contributed by atoms with Gasteiger partial charge < -0.3 is 23.7 Å². The molecule has 132 valence electrons. The van der Waals surface area contributed by atoms with Crippen molar-refractivity contribution in [1.29, 1.82) is 0 Å². The van der Waals surface area contributed by atoms with Gasteiger partial charge in [-0.05, 0) is 25.8 Å². The number of furan rings is 1. The number of rotatable bonds is 4. The number of fused-ring (bicyclic) bond motifs is 1. The third-order valence-corrected chi connectivity index (χ3v) is 4.81. The van der Waals surface area contributed by atoms with E-state index in [2.05, 4.69) is 0 Å². The van der Waals surface area contributed by atoms with Crippen LogP contribution in [0.25, 0.3) is 0 Å². The fourth-order valence-electron chi connectivity index (χ4n) is 3.42. The van der Waals surface area contributed by atoms with Crippen LogP contribution < -0.4 is 0 Å². The molecule has 7 nitrogen and oxygen atoms in total. The lowest BCUT2D eigenvalue weighted by molar-refractivity contribution is -0.142. The Morgan fingerprint density at radius 1 is 1.38 bits per heavy atom. The second-order valence-corrected chi connectivity index (χ2v) is 6.51. The third-order valence-electron chi connectivity index (χ3n) is 4.81. The van der Waals surface area contributed by atoms with E-state index in [-0.39, 0.29) is 36.7 Å². The Bertz CT molecular complexity index is 612. The Kier molecular flexibility index (Phi) is 4.91. The van der Waals surface area contributed by atoms with Crippen molar-refractivity contribution in [2.24, 2.45) is 0 Å². The monoisotopic (exact) mass is 336 g/mol. The third kappa shape index (κ3) is 3.18. The smallest absolute Gasteiger partial charge is 0.257 e. The summed E-state index contributed by atoms with van der Waals surface area (Å²) in [7, 11) is 3.40. The summed E-state index contributed by atoms with van der Waals surface area (Å²) in [5.74, 6) is 0.534. The number of nitrogens with zero attached hydrogens (tertiary/aromatic N) is 2. The first-order valence-corrected chi connectivity index (χ1v) is 8.27. The zero-order valence-electron chi connectivity index (χ0n) is 14.4. The van der Waals surface area contributed by atoms with Crippen molar-refractivity contribution in [3.8, 4) is 0 Å². The predicted octanol–water partition coefficient (Wildman–Crippen LogP) is 1.06. The fourth-order valence-corrected chi connectivity index (χ4v) is 3.42. The molecule has 1 saturated heterocycles. The van der Waals surface area contributed by atoms with Crippen molar-refractivity contribution in [2.45, 2.75) is 38.0 Å². The average Bonchev–Trinajstić information content (AvgIpc) is 3.17. The lowest BCUT2D eigenvalue weighted by Gasteiger charge is -2.39. The zero-order valence-corrected chi connectivity index (χ0v) is 14.4. The second-order valence-electron chi connectivity index (χ2n) is 6.51. The Balaban J connectivity index is 1.66. The maximum atomic E-state index is 12.8. The summed E-state index contributed by atoms with van der Waals surface area (Å²) in [6.45, 7) is 2.87. The van der Waals surface area contributed by atoms with Crippen molar-refractivity contribution in [3.63, 3.8) is 0 Å². The van der Waals surface area contributed by atoms with Crippen LogP contribution in [-0.4, -0.2) is 73.7 Å². The quantitative estimate of drug-likeness (QED) is 0.822. The van der Waals surface area contributed by atoms with Crippen molar-refractivity contribution >= 4 is 11.8 Å². The van der Waals surface area contributed by atoms with Gasteiger partial charge in [0.1, 0.15) is 18.5 Å². The molecule has 2 amide bonds. The number of hydrogen-bond donors (Lipinski definition) is 0. The van der Waals surface area contributed by atoms with E-state index in [9.17, 15) is 9.59 Å². The van der Waals surface area contributed by atoms with Gasteiger partial charge in [0.05, 0.1) is 30.6 Å². The topological polar surface area (TPSA) is 72.2 Å². The summed E-state index contributed by atoms with van der Waals surface area (Å²) in [5, 5.41) is 0. The summed E-state index contributed by atoms with van der Waals surface area (Å²) < 4.78 is 16.9. The molecule has 3 atom stereocenters. The highest BCUT2D eigenvalue weighted by Gasteiger charge is 2.45. The van der Waals surface area contributed by atoms with Gasteiger partial charge in [-0.3, -0.25) is 9.59 Å². The lowest BCUT2D eigenvalue weighted by atomic mass is 10.1. The van der Waals surface area contributed by atoms with Gasteiger partial charge in [0.2, 0.25) is 5.91 Å². The van der Waals surface area contributed by atoms with Gasteiger partial charge >= 0.3 is 0 Å². The minimum Gasteiger partial charge on any atom is -0.469 e. The van der Waals surface area contributed by atoms with E-state index in [1.807, 2.05) is 4.90 Å². The van der Waals surface area contributed by atoms with Crippen LogP contribution in [0.3, 0.4) is 0 Å². The first-order chi connectivity index (χ1) is 11.5. The highest BCUT2D eigenvalue weighted by atomic mass is 16.5. The fraction of sp³-hybridized carbons (Fsp3) is 0.647. The molecule has 0 bridgehead atoms. The summed E-state index contributed by atoms with van der Waals surface area (Å²) in [4.78, 5) is 27.9. The van der Waals surface area contributed by atoms with Crippen molar-refractivity contribution < 1.29 is 23.5 Å². The van der Waals surface area contributed by atoms with Crippen LogP contribution >= 0.6 is 0 Å². The number of carbonyl (C=O) groups is 2. The molecule has 0 spiro atoms. The first-order valence-electron chi connectivity index (χ1n) is 8.27. The second kappa shape index (κ2) is 6.94. The summed E-state index contributed by atoms with van der Waals surface area (Å²) in [6, 6.07) is 1.70. The lowest BCUT2D eigenvalue weighted by Crippen LogP contribution is -2.54. The van der Waals surface area contributed by atoms with Gasteiger partial charge in [0.25, 0.3) is 5.91 Å². The summed E-state index contributed by atoms with van der Waals surface area (Å²) in [5.41, 5.74) is 0.600. The predicted molar refractivity (Wildman–Crippen MR) is 85.7 cm³/mol.